The molecular formula is C19H32N4O4S. The number of aromatic nitrogens is 1. The van der Waals surface area contributed by atoms with Gasteiger partial charge in [0.05, 0.1) is 6.54 Å². The molecule has 1 fully saturated rings. The van der Waals surface area contributed by atoms with Gasteiger partial charge in [0.2, 0.25) is 15.9 Å². The number of hydrogen-bond donors (Lipinski definition) is 1. The average Bonchev–Trinajstić information content (AvgIpc) is 3.01. The summed E-state index contributed by atoms with van der Waals surface area (Å²) in [6, 6.07) is 1.41. The van der Waals surface area contributed by atoms with Crippen molar-refractivity contribution in [2.45, 2.75) is 57.4 Å². The van der Waals surface area contributed by atoms with Crippen LogP contribution in [0.2, 0.25) is 0 Å². The molecule has 0 aliphatic carbocycles. The van der Waals surface area contributed by atoms with Crippen molar-refractivity contribution in [3.63, 3.8) is 0 Å². The zero-order chi connectivity index (χ0) is 21.1. The number of amides is 2. The van der Waals surface area contributed by atoms with Gasteiger partial charge in [-0.3, -0.25) is 9.59 Å². The van der Waals surface area contributed by atoms with Crippen LogP contribution < -0.4 is 5.32 Å². The Bertz CT molecular complexity index is 817. The summed E-state index contributed by atoms with van der Waals surface area (Å²) < 4.78 is 28.7. The second-order valence-electron chi connectivity index (χ2n) is 8.25. The first-order chi connectivity index (χ1) is 13.0. The van der Waals surface area contributed by atoms with E-state index in [-0.39, 0.29) is 34.5 Å². The van der Waals surface area contributed by atoms with Crippen LogP contribution in [0.3, 0.4) is 0 Å². The molecule has 0 atom stereocenters. The number of piperidine rings is 1. The van der Waals surface area contributed by atoms with Gasteiger partial charge < -0.3 is 14.8 Å². The van der Waals surface area contributed by atoms with Gasteiger partial charge in [-0.05, 0) is 46.6 Å². The van der Waals surface area contributed by atoms with E-state index in [1.807, 2.05) is 20.8 Å². The van der Waals surface area contributed by atoms with E-state index in [1.54, 1.807) is 14.0 Å². The minimum absolute atomic E-state index is 0.0774. The van der Waals surface area contributed by atoms with Crippen LogP contribution in [0.4, 0.5) is 0 Å². The maximum absolute atomic E-state index is 12.9. The first kappa shape index (κ1) is 22.4. The van der Waals surface area contributed by atoms with Crippen LogP contribution in [-0.4, -0.2) is 65.7 Å². The molecule has 1 aromatic rings. The van der Waals surface area contributed by atoms with Gasteiger partial charge in [-0.1, -0.05) is 6.42 Å². The molecule has 1 saturated heterocycles. The van der Waals surface area contributed by atoms with Crippen molar-refractivity contribution in [1.29, 1.82) is 0 Å². The summed E-state index contributed by atoms with van der Waals surface area (Å²) in [5, 5.41) is 2.84. The van der Waals surface area contributed by atoms with E-state index in [0.29, 0.717) is 19.6 Å². The summed E-state index contributed by atoms with van der Waals surface area (Å²) in [7, 11) is -1.97. The third-order valence-corrected chi connectivity index (χ3v) is 6.53. The van der Waals surface area contributed by atoms with Crippen LogP contribution in [0, 0.1) is 0 Å². The highest BCUT2D eigenvalue weighted by Crippen LogP contribution is 2.23. The molecular weight excluding hydrogens is 380 g/mol. The zero-order valence-corrected chi connectivity index (χ0v) is 18.3. The predicted octanol–water partition coefficient (Wildman–Crippen LogP) is 1.58. The van der Waals surface area contributed by atoms with Crippen molar-refractivity contribution in [3.8, 4) is 0 Å². The van der Waals surface area contributed by atoms with Gasteiger partial charge in [0, 0.05) is 38.4 Å². The molecule has 0 aromatic carbocycles. The number of aryl methyl sites for hydroxylation is 1. The fourth-order valence-electron chi connectivity index (χ4n) is 3.26. The summed E-state index contributed by atoms with van der Waals surface area (Å²) in [4.78, 5) is 26.7. The van der Waals surface area contributed by atoms with Gasteiger partial charge in [0.1, 0.15) is 10.6 Å². The molecule has 9 heteroatoms. The molecule has 28 heavy (non-hydrogen) atoms. The Hall–Kier alpha value is -1.87. The molecule has 1 aliphatic rings. The second-order valence-corrected chi connectivity index (χ2v) is 10.2. The molecule has 2 heterocycles. The van der Waals surface area contributed by atoms with E-state index in [1.165, 1.54) is 26.0 Å². The first-order valence-electron chi connectivity index (χ1n) is 9.72. The van der Waals surface area contributed by atoms with Crippen molar-refractivity contribution in [2.75, 3.05) is 26.2 Å². The maximum Gasteiger partial charge on any atom is 0.270 e. The largest absolute Gasteiger partial charge is 0.350 e. The van der Waals surface area contributed by atoms with Gasteiger partial charge in [0.25, 0.3) is 5.91 Å². The van der Waals surface area contributed by atoms with E-state index < -0.39 is 10.0 Å². The molecule has 1 N–H and O–H groups in total. The Morgan fingerprint density at radius 2 is 1.79 bits per heavy atom. The quantitative estimate of drug-likeness (QED) is 0.768. The number of sulfonamides is 1. The Labute approximate surface area is 167 Å². The average molecular weight is 413 g/mol. The molecule has 1 aliphatic heterocycles. The molecule has 0 spiro atoms. The number of hydrogen-bond acceptors (Lipinski definition) is 4. The summed E-state index contributed by atoms with van der Waals surface area (Å²) in [6.45, 7) is 8.69. The molecule has 2 amide bonds. The lowest BCUT2D eigenvalue weighted by molar-refractivity contribution is -0.123. The predicted molar refractivity (Wildman–Crippen MR) is 107 cm³/mol. The van der Waals surface area contributed by atoms with Crippen LogP contribution in [0.15, 0.2) is 17.2 Å². The topological polar surface area (TPSA) is 91.7 Å². The Balaban J connectivity index is 2.20. The van der Waals surface area contributed by atoms with E-state index in [0.717, 1.165) is 19.3 Å². The molecule has 0 saturated carbocycles. The minimum atomic E-state index is -3.61. The minimum Gasteiger partial charge on any atom is -0.350 e. The molecule has 2 rings (SSSR count). The highest BCUT2D eigenvalue weighted by Gasteiger charge is 2.30. The lowest BCUT2D eigenvalue weighted by Gasteiger charge is -2.25. The third-order valence-electron chi connectivity index (χ3n) is 4.67. The molecule has 158 valence electrons. The van der Waals surface area contributed by atoms with Crippen LogP contribution in [0.1, 0.15) is 57.4 Å². The SMILES string of the molecule is CCN(CC(=O)NC(C)(C)C)C(=O)c1cc(S(=O)(=O)N2CCCCC2)cn1C. The summed E-state index contributed by atoms with van der Waals surface area (Å²) >= 11 is 0. The normalized spacial score (nSPS) is 16.0. The highest BCUT2D eigenvalue weighted by molar-refractivity contribution is 7.89. The Morgan fingerprint density at radius 3 is 2.32 bits per heavy atom. The van der Waals surface area contributed by atoms with Crippen molar-refractivity contribution in [3.05, 3.63) is 18.0 Å². The fraction of sp³-hybridized carbons (Fsp3) is 0.684. The summed E-state index contributed by atoms with van der Waals surface area (Å²) in [6.07, 6.45) is 4.21. The standard InChI is InChI=1S/C19H32N4O4S/c1-6-22(14-17(24)20-19(2,3)4)18(25)16-12-15(13-21(16)5)28(26,27)23-10-8-7-9-11-23/h12-13H,6-11,14H2,1-5H3,(H,20,24). The van der Waals surface area contributed by atoms with Crippen LogP contribution >= 0.6 is 0 Å². The first-order valence-corrected chi connectivity index (χ1v) is 11.2. The van der Waals surface area contributed by atoms with E-state index >= 15 is 0 Å². The van der Waals surface area contributed by atoms with Gasteiger partial charge in [-0.15, -0.1) is 0 Å². The van der Waals surface area contributed by atoms with Gasteiger partial charge >= 0.3 is 0 Å². The van der Waals surface area contributed by atoms with Gasteiger partial charge in [-0.2, -0.15) is 4.31 Å². The lowest BCUT2D eigenvalue weighted by Crippen LogP contribution is -2.47. The fourth-order valence-corrected chi connectivity index (χ4v) is 4.85. The highest BCUT2D eigenvalue weighted by atomic mass is 32.2. The second kappa shape index (κ2) is 8.65. The van der Waals surface area contributed by atoms with Crippen LogP contribution in [0.25, 0.3) is 0 Å². The molecule has 0 unspecified atom stereocenters. The number of rotatable bonds is 6. The van der Waals surface area contributed by atoms with E-state index in [9.17, 15) is 18.0 Å². The van der Waals surface area contributed by atoms with Crippen molar-refractivity contribution in [2.24, 2.45) is 7.05 Å². The maximum atomic E-state index is 12.9. The zero-order valence-electron chi connectivity index (χ0n) is 17.5. The molecule has 0 bridgehead atoms. The Morgan fingerprint density at radius 1 is 1.18 bits per heavy atom. The molecule has 1 aromatic heterocycles. The Kier molecular flexibility index (Phi) is 6.93. The number of nitrogens with zero attached hydrogens (tertiary/aromatic N) is 3. The molecule has 0 radical (unpaired) electrons. The number of carbonyl (C=O) groups is 2. The van der Waals surface area contributed by atoms with Gasteiger partial charge in [0.15, 0.2) is 0 Å². The van der Waals surface area contributed by atoms with Crippen molar-refractivity contribution >= 4 is 21.8 Å². The van der Waals surface area contributed by atoms with Crippen molar-refractivity contribution in [1.82, 2.24) is 19.1 Å². The van der Waals surface area contributed by atoms with Crippen LogP contribution in [-0.2, 0) is 21.9 Å². The van der Waals surface area contributed by atoms with Gasteiger partial charge in [-0.25, -0.2) is 8.42 Å². The number of nitrogens with one attached hydrogen (secondary N) is 1. The van der Waals surface area contributed by atoms with E-state index in [4.69, 9.17) is 0 Å². The number of likely N-dealkylation sites (N-methyl/N-ethyl adjacent to an activating group) is 1. The lowest BCUT2D eigenvalue weighted by atomic mass is 10.1. The van der Waals surface area contributed by atoms with E-state index in [2.05, 4.69) is 5.32 Å². The molecule has 8 nitrogen and oxygen atoms in total. The van der Waals surface area contributed by atoms with Crippen molar-refractivity contribution < 1.29 is 18.0 Å². The summed E-state index contributed by atoms with van der Waals surface area (Å²) in [5.41, 5.74) is -0.138. The summed E-state index contributed by atoms with van der Waals surface area (Å²) in [5.74, 6) is -0.618. The van der Waals surface area contributed by atoms with Crippen LogP contribution in [0.5, 0.6) is 0 Å². The monoisotopic (exact) mass is 412 g/mol. The smallest absolute Gasteiger partial charge is 0.270 e. The third kappa shape index (κ3) is 5.35. The number of carbonyl (C=O) groups excluding carboxylic acids is 2.